The van der Waals surface area contributed by atoms with Gasteiger partial charge >= 0.3 is 0 Å². The molecule has 23 heavy (non-hydrogen) atoms. The van der Waals surface area contributed by atoms with Crippen LogP contribution in [0.3, 0.4) is 0 Å². The number of hydrogen-bond acceptors (Lipinski definition) is 2. The summed E-state index contributed by atoms with van der Waals surface area (Å²) in [5, 5.41) is 15.9. The van der Waals surface area contributed by atoms with Crippen LogP contribution in [0.4, 0.5) is 11.4 Å². The van der Waals surface area contributed by atoms with Gasteiger partial charge < -0.3 is 10.6 Å². The van der Waals surface area contributed by atoms with Gasteiger partial charge in [0.25, 0.3) is 5.91 Å². The molecule has 0 aliphatic heterocycles. The molecule has 1 radical (unpaired) electrons. The first-order chi connectivity index (χ1) is 11.1. The van der Waals surface area contributed by atoms with E-state index in [1.54, 1.807) is 48.5 Å². The van der Waals surface area contributed by atoms with Crippen LogP contribution in [-0.2, 0) is 9.90 Å². The monoisotopic (exact) mass is 309 g/mol. The fourth-order valence-electron chi connectivity index (χ4n) is 2.02. The molecule has 0 spiro atoms. The molecule has 0 saturated carbocycles. The highest BCUT2D eigenvalue weighted by molar-refractivity contribution is 6.04. The predicted molar refractivity (Wildman–Crippen MR) is 89.7 cm³/mol. The lowest BCUT2D eigenvalue weighted by atomic mass is 10.1. The molecule has 2 aromatic rings. The zero-order valence-electron chi connectivity index (χ0n) is 12.7. The van der Waals surface area contributed by atoms with E-state index in [1.165, 1.54) is 13.0 Å². The number of rotatable bonds is 5. The van der Waals surface area contributed by atoms with Crippen LogP contribution in [0.5, 0.6) is 0 Å². The van der Waals surface area contributed by atoms with Crippen LogP contribution in [0.25, 0.3) is 6.08 Å². The van der Waals surface area contributed by atoms with Crippen molar-refractivity contribution < 1.29 is 14.7 Å². The van der Waals surface area contributed by atoms with Gasteiger partial charge in [0, 0.05) is 23.9 Å². The van der Waals surface area contributed by atoms with Crippen molar-refractivity contribution in [3.05, 3.63) is 65.7 Å². The summed E-state index contributed by atoms with van der Waals surface area (Å²) >= 11 is 0. The quantitative estimate of drug-likeness (QED) is 0.888. The maximum Gasteiger partial charge on any atom is 0.255 e. The van der Waals surface area contributed by atoms with Crippen molar-refractivity contribution in [2.24, 2.45) is 0 Å². The molecule has 2 N–H and O–H groups in total. The molecule has 0 aliphatic rings. The third-order valence-electron chi connectivity index (χ3n) is 3.02. The lowest BCUT2D eigenvalue weighted by Crippen LogP contribution is -2.12. The van der Waals surface area contributed by atoms with E-state index in [0.717, 1.165) is 5.56 Å². The zero-order valence-corrected chi connectivity index (χ0v) is 12.7. The van der Waals surface area contributed by atoms with Crippen LogP contribution in [-0.4, -0.2) is 18.4 Å². The number of amides is 2. The summed E-state index contributed by atoms with van der Waals surface area (Å²) in [6.45, 7) is 1.14. The Balaban J connectivity index is 2.06. The molecular formula is C18H17N2O3. The maximum atomic E-state index is 12.2. The molecular weight excluding hydrogens is 292 g/mol. The molecule has 0 atom stereocenters. The zero-order chi connectivity index (χ0) is 16.7. The van der Waals surface area contributed by atoms with E-state index >= 15 is 0 Å². The fourth-order valence-corrected chi connectivity index (χ4v) is 2.02. The topological polar surface area (TPSA) is 78.1 Å². The number of anilines is 2. The van der Waals surface area contributed by atoms with Gasteiger partial charge in [-0.3, -0.25) is 9.59 Å². The lowest BCUT2D eigenvalue weighted by molar-refractivity contribution is -0.114. The van der Waals surface area contributed by atoms with Crippen molar-refractivity contribution in [3.63, 3.8) is 0 Å². The highest BCUT2D eigenvalue weighted by Crippen LogP contribution is 2.15. The first kappa shape index (κ1) is 16.5. The number of benzene rings is 2. The van der Waals surface area contributed by atoms with Crippen LogP contribution < -0.4 is 10.6 Å². The van der Waals surface area contributed by atoms with Crippen LogP contribution in [0, 0.1) is 0 Å². The van der Waals surface area contributed by atoms with Crippen LogP contribution in [0.1, 0.15) is 22.8 Å². The number of carbonyl (C=O) groups is 2. The van der Waals surface area contributed by atoms with E-state index in [9.17, 15) is 14.7 Å². The average molecular weight is 309 g/mol. The summed E-state index contributed by atoms with van der Waals surface area (Å²) in [5.74, 6) is -0.408. The van der Waals surface area contributed by atoms with Crippen LogP contribution in [0.2, 0.25) is 0 Å². The fraction of sp³-hybridized carbons (Fsp3) is 0.111. The molecule has 5 heteroatoms. The van der Waals surface area contributed by atoms with Crippen molar-refractivity contribution in [3.8, 4) is 0 Å². The maximum absolute atomic E-state index is 12.2. The molecule has 5 nitrogen and oxygen atoms in total. The molecule has 2 amide bonds. The Bertz CT molecular complexity index is 721. The van der Waals surface area contributed by atoms with Gasteiger partial charge in [-0.15, -0.1) is 0 Å². The second-order valence-corrected chi connectivity index (χ2v) is 4.91. The van der Waals surface area contributed by atoms with Crippen molar-refractivity contribution in [2.75, 3.05) is 17.2 Å². The second kappa shape index (κ2) is 7.91. The third kappa shape index (κ3) is 5.09. The molecule has 0 aliphatic carbocycles. The first-order valence-corrected chi connectivity index (χ1v) is 7.12. The Morgan fingerprint density at radius 3 is 2.39 bits per heavy atom. The van der Waals surface area contributed by atoms with Gasteiger partial charge in [-0.25, -0.2) is 5.11 Å². The van der Waals surface area contributed by atoms with E-state index in [4.69, 9.17) is 0 Å². The summed E-state index contributed by atoms with van der Waals surface area (Å²) in [6, 6.07) is 13.8. The van der Waals surface area contributed by atoms with Gasteiger partial charge in [-0.2, -0.15) is 0 Å². The summed E-state index contributed by atoms with van der Waals surface area (Å²) in [4.78, 5) is 23.2. The molecule has 0 heterocycles. The molecule has 2 aromatic carbocycles. The van der Waals surface area contributed by atoms with E-state index in [1.807, 2.05) is 6.07 Å². The smallest absolute Gasteiger partial charge is 0.255 e. The Morgan fingerprint density at radius 2 is 1.74 bits per heavy atom. The predicted octanol–water partition coefficient (Wildman–Crippen LogP) is 3.34. The van der Waals surface area contributed by atoms with E-state index < -0.39 is 0 Å². The van der Waals surface area contributed by atoms with Gasteiger partial charge in [0.2, 0.25) is 5.91 Å². The van der Waals surface area contributed by atoms with Gasteiger partial charge in [-0.1, -0.05) is 24.3 Å². The Labute approximate surface area is 134 Å². The number of nitrogens with one attached hydrogen (secondary N) is 2. The Kier molecular flexibility index (Phi) is 5.66. The minimum Gasteiger partial charge on any atom is -0.326 e. The number of carbonyl (C=O) groups excluding carboxylic acids is 2. The van der Waals surface area contributed by atoms with Gasteiger partial charge in [-0.05, 0) is 42.0 Å². The molecule has 0 unspecified atom stereocenters. The van der Waals surface area contributed by atoms with E-state index in [0.29, 0.717) is 16.9 Å². The highest BCUT2D eigenvalue weighted by Gasteiger charge is 2.06. The number of hydrogen-bond donors (Lipinski definition) is 2. The molecule has 0 fully saturated rings. The largest absolute Gasteiger partial charge is 0.326 e. The average Bonchev–Trinajstić information content (AvgIpc) is 2.53. The summed E-state index contributed by atoms with van der Waals surface area (Å²) in [5.41, 5.74) is 2.62. The normalized spacial score (nSPS) is 10.5. The Morgan fingerprint density at radius 1 is 1.00 bits per heavy atom. The lowest BCUT2D eigenvalue weighted by Gasteiger charge is -2.07. The first-order valence-electron chi connectivity index (χ1n) is 7.12. The van der Waals surface area contributed by atoms with E-state index in [2.05, 4.69) is 10.6 Å². The Hall–Kier alpha value is -2.92. The minimum atomic E-state index is -0.281. The third-order valence-corrected chi connectivity index (χ3v) is 3.02. The second-order valence-electron chi connectivity index (χ2n) is 4.91. The van der Waals surface area contributed by atoms with Gasteiger partial charge in [0.15, 0.2) is 0 Å². The SMILES string of the molecule is CC(=O)Nc1ccc(C(=O)Nc2cccc(C=CC[O])c2)cc1. The molecule has 0 saturated heterocycles. The van der Waals surface area contributed by atoms with Crippen LogP contribution >= 0.6 is 0 Å². The van der Waals surface area contributed by atoms with Crippen molar-refractivity contribution in [2.45, 2.75) is 6.92 Å². The molecule has 2 rings (SSSR count). The molecule has 0 aromatic heterocycles. The van der Waals surface area contributed by atoms with Crippen molar-refractivity contribution in [1.82, 2.24) is 0 Å². The highest BCUT2D eigenvalue weighted by atomic mass is 16.2. The summed E-state index contributed by atoms with van der Waals surface area (Å²) < 4.78 is 0. The van der Waals surface area contributed by atoms with Crippen molar-refractivity contribution >= 4 is 29.3 Å². The molecule has 0 bridgehead atoms. The molecule has 117 valence electrons. The van der Waals surface area contributed by atoms with Gasteiger partial charge in [0.05, 0.1) is 0 Å². The minimum absolute atomic E-state index is 0.162. The summed E-state index contributed by atoms with van der Waals surface area (Å²) in [7, 11) is 0. The van der Waals surface area contributed by atoms with E-state index in [-0.39, 0.29) is 18.4 Å². The van der Waals surface area contributed by atoms with Crippen molar-refractivity contribution in [1.29, 1.82) is 0 Å². The van der Waals surface area contributed by atoms with Gasteiger partial charge in [0.1, 0.15) is 6.61 Å². The van der Waals surface area contributed by atoms with Crippen LogP contribution in [0.15, 0.2) is 54.6 Å². The summed E-state index contributed by atoms with van der Waals surface area (Å²) in [6.07, 6.45) is 3.23. The standard InChI is InChI=1S/C18H17N2O3/c1-13(22)19-16-9-7-15(8-10-16)18(23)20-17-6-2-4-14(12-17)5-3-11-21/h2-10,12H,11H2,1H3,(H,19,22)(H,20,23).